The molecule has 0 aromatic heterocycles. The van der Waals surface area contributed by atoms with Crippen LogP contribution in [0.1, 0.15) is 5.56 Å². The summed E-state index contributed by atoms with van der Waals surface area (Å²) >= 11 is 14.7. The molecule has 0 saturated heterocycles. The smallest absolute Gasteiger partial charge is 0.211 e. The summed E-state index contributed by atoms with van der Waals surface area (Å²) in [5.41, 5.74) is 10.5. The molecule has 0 aliphatic rings. The zero-order chi connectivity index (χ0) is 12.3. The number of halogens is 3. The van der Waals surface area contributed by atoms with Gasteiger partial charge in [0.05, 0.1) is 11.2 Å². The number of nitrogens with two attached hydrogens (primary N) is 2. The largest absolute Gasteiger partial charge is 0.506 e. The molecule has 16 heavy (non-hydrogen) atoms. The Hall–Kier alpha value is -0.980. The quantitative estimate of drug-likeness (QED) is 0.336. The van der Waals surface area contributed by atoms with Crippen LogP contribution in [0.4, 0.5) is 0 Å². The molecular weight excluding hydrogens is 319 g/mol. The number of rotatable bonds is 2. The summed E-state index contributed by atoms with van der Waals surface area (Å²) in [4.78, 5) is 0. The van der Waals surface area contributed by atoms with E-state index in [0.29, 0.717) is 10.0 Å². The first kappa shape index (κ1) is 13.1. The van der Waals surface area contributed by atoms with Crippen LogP contribution in [-0.4, -0.2) is 17.3 Å². The van der Waals surface area contributed by atoms with E-state index >= 15 is 0 Å². The third kappa shape index (κ3) is 3.01. The van der Waals surface area contributed by atoms with E-state index in [-0.39, 0.29) is 21.8 Å². The number of benzene rings is 1. The number of hydrogen-bond acceptors (Lipinski definition) is 3. The first-order valence-electron chi connectivity index (χ1n) is 3.92. The van der Waals surface area contributed by atoms with E-state index in [2.05, 4.69) is 26.1 Å². The van der Waals surface area contributed by atoms with Gasteiger partial charge in [-0.2, -0.15) is 5.10 Å². The second-order valence-corrected chi connectivity index (χ2v) is 4.30. The molecule has 8 heteroatoms. The van der Waals surface area contributed by atoms with Crippen LogP contribution in [0, 0.1) is 0 Å². The Morgan fingerprint density at radius 3 is 2.56 bits per heavy atom. The summed E-state index contributed by atoms with van der Waals surface area (Å²) in [6.07, 6.45) is 1.25. The van der Waals surface area contributed by atoms with E-state index in [4.69, 9.17) is 34.7 Å². The van der Waals surface area contributed by atoms with Crippen LogP contribution in [-0.2, 0) is 0 Å². The standard InChI is InChI=1S/C8H7BrCl2N4O/c9-4-1-3(2-14-15-8(12)13)7(16)6(11)5(4)10/h1-2,16H,(H4,12,13,15). The highest BCUT2D eigenvalue weighted by Gasteiger charge is 2.12. The van der Waals surface area contributed by atoms with Crippen molar-refractivity contribution in [3.63, 3.8) is 0 Å². The minimum Gasteiger partial charge on any atom is -0.506 e. The van der Waals surface area contributed by atoms with Crippen molar-refractivity contribution in [3.05, 3.63) is 26.1 Å². The van der Waals surface area contributed by atoms with E-state index in [9.17, 15) is 5.11 Å². The second-order valence-electron chi connectivity index (χ2n) is 2.69. The van der Waals surface area contributed by atoms with Crippen LogP contribution in [0.5, 0.6) is 5.75 Å². The zero-order valence-electron chi connectivity index (χ0n) is 7.78. The molecule has 0 aliphatic carbocycles. The maximum absolute atomic E-state index is 9.63. The van der Waals surface area contributed by atoms with Gasteiger partial charge >= 0.3 is 0 Å². The Balaban J connectivity index is 3.16. The normalized spacial score (nSPS) is 10.7. The molecule has 1 rings (SSSR count). The maximum Gasteiger partial charge on any atom is 0.211 e. The molecule has 0 aliphatic heterocycles. The van der Waals surface area contributed by atoms with Crippen molar-refractivity contribution < 1.29 is 5.11 Å². The third-order valence-electron chi connectivity index (χ3n) is 1.54. The molecule has 0 spiro atoms. The van der Waals surface area contributed by atoms with Crippen molar-refractivity contribution in [3.8, 4) is 5.75 Å². The Bertz CT molecular complexity index is 472. The van der Waals surface area contributed by atoms with Crippen LogP contribution in [0.25, 0.3) is 0 Å². The molecule has 0 saturated carbocycles. The van der Waals surface area contributed by atoms with Gasteiger partial charge in [-0.15, -0.1) is 5.10 Å². The highest BCUT2D eigenvalue weighted by molar-refractivity contribution is 9.10. The fourth-order valence-electron chi connectivity index (χ4n) is 0.860. The number of phenolic OH excluding ortho intramolecular Hbond substituents is 1. The van der Waals surface area contributed by atoms with Gasteiger partial charge < -0.3 is 16.6 Å². The molecular formula is C8H7BrCl2N4O. The van der Waals surface area contributed by atoms with E-state index in [1.165, 1.54) is 12.3 Å². The molecule has 86 valence electrons. The van der Waals surface area contributed by atoms with E-state index in [0.717, 1.165) is 0 Å². The summed E-state index contributed by atoms with van der Waals surface area (Å²) in [5, 5.41) is 16.8. The van der Waals surface area contributed by atoms with E-state index < -0.39 is 0 Å². The molecule has 5 N–H and O–H groups in total. The summed E-state index contributed by atoms with van der Waals surface area (Å²) in [5.74, 6) is -0.376. The van der Waals surface area contributed by atoms with Gasteiger partial charge in [-0.3, -0.25) is 0 Å². The van der Waals surface area contributed by atoms with Gasteiger partial charge in [0.1, 0.15) is 10.8 Å². The maximum atomic E-state index is 9.63. The van der Waals surface area contributed by atoms with Crippen LogP contribution in [0.15, 0.2) is 20.7 Å². The molecule has 0 atom stereocenters. The summed E-state index contributed by atoms with van der Waals surface area (Å²) in [6, 6.07) is 1.54. The van der Waals surface area contributed by atoms with Gasteiger partial charge in [0.15, 0.2) is 0 Å². The third-order valence-corrected chi connectivity index (χ3v) is 3.25. The second kappa shape index (κ2) is 5.38. The van der Waals surface area contributed by atoms with Crippen molar-refractivity contribution >= 4 is 51.3 Å². The average Bonchev–Trinajstić information content (AvgIpc) is 2.22. The average molecular weight is 326 g/mol. The van der Waals surface area contributed by atoms with Gasteiger partial charge in [0, 0.05) is 10.0 Å². The van der Waals surface area contributed by atoms with Gasteiger partial charge in [-0.25, -0.2) is 0 Å². The first-order chi connectivity index (χ1) is 7.43. The molecule has 0 bridgehead atoms. The summed E-state index contributed by atoms with van der Waals surface area (Å²) in [7, 11) is 0. The number of nitrogens with zero attached hydrogens (tertiary/aromatic N) is 2. The topological polar surface area (TPSA) is 97.0 Å². The highest BCUT2D eigenvalue weighted by Crippen LogP contribution is 2.38. The van der Waals surface area contributed by atoms with Crippen molar-refractivity contribution in [2.45, 2.75) is 0 Å². The predicted octanol–water partition coefficient (Wildman–Crippen LogP) is 2.07. The molecule has 0 radical (unpaired) electrons. The molecule has 0 fully saturated rings. The number of phenols is 1. The minimum atomic E-state index is -0.190. The monoisotopic (exact) mass is 324 g/mol. The number of guanidine groups is 1. The van der Waals surface area contributed by atoms with Crippen LogP contribution >= 0.6 is 39.1 Å². The van der Waals surface area contributed by atoms with Crippen LogP contribution < -0.4 is 11.5 Å². The predicted molar refractivity (Wildman–Crippen MR) is 69.2 cm³/mol. The number of aromatic hydroxyl groups is 1. The Kier molecular flexibility index (Phi) is 4.40. The van der Waals surface area contributed by atoms with Crippen molar-refractivity contribution in [1.29, 1.82) is 0 Å². The van der Waals surface area contributed by atoms with E-state index in [1.54, 1.807) is 0 Å². The van der Waals surface area contributed by atoms with Crippen LogP contribution in [0.2, 0.25) is 10.0 Å². The SMILES string of the molecule is NC(N)=NN=Cc1cc(Br)c(Cl)c(Cl)c1O. The first-order valence-corrected chi connectivity index (χ1v) is 5.46. The van der Waals surface area contributed by atoms with Gasteiger partial charge in [0.2, 0.25) is 5.96 Å². The van der Waals surface area contributed by atoms with Crippen molar-refractivity contribution in [1.82, 2.24) is 0 Å². The lowest BCUT2D eigenvalue weighted by Crippen LogP contribution is -2.21. The Morgan fingerprint density at radius 1 is 1.38 bits per heavy atom. The molecule has 5 nitrogen and oxygen atoms in total. The molecule has 1 aromatic rings. The van der Waals surface area contributed by atoms with E-state index in [1.807, 2.05) is 0 Å². The lowest BCUT2D eigenvalue weighted by atomic mass is 10.2. The molecule has 1 aromatic carbocycles. The summed E-state index contributed by atoms with van der Waals surface area (Å²) in [6.45, 7) is 0. The fourth-order valence-corrected chi connectivity index (χ4v) is 1.77. The highest BCUT2D eigenvalue weighted by atomic mass is 79.9. The molecule has 0 amide bonds. The van der Waals surface area contributed by atoms with Crippen molar-refractivity contribution in [2.24, 2.45) is 21.7 Å². The van der Waals surface area contributed by atoms with Crippen LogP contribution in [0.3, 0.4) is 0 Å². The van der Waals surface area contributed by atoms with Gasteiger partial charge in [-0.05, 0) is 22.0 Å². The zero-order valence-corrected chi connectivity index (χ0v) is 10.9. The molecule has 0 heterocycles. The molecule has 0 unspecified atom stereocenters. The lowest BCUT2D eigenvalue weighted by molar-refractivity contribution is 0.474. The number of hydrogen-bond donors (Lipinski definition) is 3. The van der Waals surface area contributed by atoms with Crippen molar-refractivity contribution in [2.75, 3.05) is 0 Å². The Morgan fingerprint density at radius 2 is 2.00 bits per heavy atom. The lowest BCUT2D eigenvalue weighted by Gasteiger charge is -2.04. The van der Waals surface area contributed by atoms with Gasteiger partial charge in [-0.1, -0.05) is 23.2 Å². The summed E-state index contributed by atoms with van der Waals surface area (Å²) < 4.78 is 0.531. The Labute approximate surface area is 110 Å². The van der Waals surface area contributed by atoms with Gasteiger partial charge in [0.25, 0.3) is 0 Å². The minimum absolute atomic E-state index is 0.0298. The fraction of sp³-hybridized carbons (Fsp3) is 0.